The lowest BCUT2D eigenvalue weighted by Gasteiger charge is -2.07. The van der Waals surface area contributed by atoms with E-state index in [9.17, 15) is 4.79 Å². The number of amides is 1. The summed E-state index contributed by atoms with van der Waals surface area (Å²) in [6, 6.07) is 16.1. The number of nitrogens with zero attached hydrogens (tertiary/aromatic N) is 2. The molecule has 1 amide bonds. The molecule has 0 aliphatic carbocycles. The van der Waals surface area contributed by atoms with Crippen molar-refractivity contribution in [2.45, 2.75) is 19.9 Å². The average Bonchev–Trinajstić information content (AvgIpc) is 2.93. The van der Waals surface area contributed by atoms with Gasteiger partial charge in [0.05, 0.1) is 23.8 Å². The molecule has 22 heavy (non-hydrogen) atoms. The lowest BCUT2D eigenvalue weighted by molar-refractivity contribution is -0.120. The first-order valence-electron chi connectivity index (χ1n) is 7.44. The van der Waals surface area contributed by atoms with Crippen LogP contribution in [0, 0.1) is 6.92 Å². The van der Waals surface area contributed by atoms with Gasteiger partial charge in [0.2, 0.25) is 5.91 Å². The Balaban J connectivity index is 1.52. The van der Waals surface area contributed by atoms with Gasteiger partial charge in [0, 0.05) is 13.1 Å². The van der Waals surface area contributed by atoms with Gasteiger partial charge in [-0.1, -0.05) is 42.0 Å². The molecule has 1 heterocycles. The minimum Gasteiger partial charge on any atom is -0.354 e. The Bertz CT molecular complexity index is 774. The number of nitrogens with one attached hydrogen (secondary N) is 1. The van der Waals surface area contributed by atoms with Crippen LogP contribution in [0.5, 0.6) is 0 Å². The van der Waals surface area contributed by atoms with Crippen molar-refractivity contribution in [2.75, 3.05) is 6.54 Å². The Morgan fingerprint density at radius 3 is 2.73 bits per heavy atom. The van der Waals surface area contributed by atoms with E-state index < -0.39 is 0 Å². The van der Waals surface area contributed by atoms with Crippen molar-refractivity contribution in [1.29, 1.82) is 0 Å². The molecular formula is C18H19N3O. The number of carbonyl (C=O) groups is 1. The van der Waals surface area contributed by atoms with Gasteiger partial charge in [-0.05, 0) is 24.6 Å². The van der Waals surface area contributed by atoms with Crippen molar-refractivity contribution in [2.24, 2.45) is 0 Å². The predicted molar refractivity (Wildman–Crippen MR) is 87.6 cm³/mol. The highest BCUT2D eigenvalue weighted by Crippen LogP contribution is 2.11. The minimum absolute atomic E-state index is 0.0493. The topological polar surface area (TPSA) is 46.9 Å². The molecule has 0 aliphatic rings. The number of aromatic nitrogens is 2. The van der Waals surface area contributed by atoms with Crippen LogP contribution in [-0.4, -0.2) is 22.0 Å². The van der Waals surface area contributed by atoms with Crippen molar-refractivity contribution >= 4 is 16.9 Å². The van der Waals surface area contributed by atoms with Crippen molar-refractivity contribution in [3.05, 3.63) is 66.0 Å². The van der Waals surface area contributed by atoms with Crippen LogP contribution in [0.15, 0.2) is 54.9 Å². The van der Waals surface area contributed by atoms with E-state index >= 15 is 0 Å². The fourth-order valence-electron chi connectivity index (χ4n) is 2.46. The molecule has 4 heteroatoms. The third-order valence-corrected chi connectivity index (χ3v) is 3.69. The van der Waals surface area contributed by atoms with Gasteiger partial charge in [-0.2, -0.15) is 0 Å². The van der Waals surface area contributed by atoms with Gasteiger partial charge in [0.15, 0.2) is 0 Å². The Morgan fingerprint density at radius 1 is 1.14 bits per heavy atom. The van der Waals surface area contributed by atoms with Gasteiger partial charge < -0.3 is 9.88 Å². The van der Waals surface area contributed by atoms with Crippen LogP contribution in [-0.2, 0) is 17.8 Å². The quantitative estimate of drug-likeness (QED) is 0.786. The first-order chi connectivity index (χ1) is 10.7. The standard InChI is InChI=1S/C18H19N3O/c1-14-6-8-15(9-7-14)12-18(22)19-10-11-21-13-20-16-4-2-3-5-17(16)21/h2-9,13H,10-12H2,1H3,(H,19,22). The molecule has 0 radical (unpaired) electrons. The summed E-state index contributed by atoms with van der Waals surface area (Å²) in [5, 5.41) is 2.96. The van der Waals surface area contributed by atoms with Crippen molar-refractivity contribution < 1.29 is 4.79 Å². The largest absolute Gasteiger partial charge is 0.354 e. The second-order valence-corrected chi connectivity index (χ2v) is 5.44. The summed E-state index contributed by atoms with van der Waals surface area (Å²) in [5.41, 5.74) is 4.32. The zero-order chi connectivity index (χ0) is 15.4. The van der Waals surface area contributed by atoms with Crippen LogP contribution in [0.3, 0.4) is 0 Å². The number of imidazole rings is 1. The summed E-state index contributed by atoms with van der Waals surface area (Å²) < 4.78 is 2.06. The molecule has 2 aromatic carbocycles. The molecule has 0 bridgehead atoms. The minimum atomic E-state index is 0.0493. The second kappa shape index (κ2) is 6.43. The maximum Gasteiger partial charge on any atom is 0.224 e. The molecule has 0 aliphatic heterocycles. The lowest BCUT2D eigenvalue weighted by atomic mass is 10.1. The Morgan fingerprint density at radius 2 is 1.91 bits per heavy atom. The van der Waals surface area contributed by atoms with E-state index in [4.69, 9.17) is 0 Å². The maximum atomic E-state index is 12.0. The fraction of sp³-hybridized carbons (Fsp3) is 0.222. The molecule has 3 aromatic rings. The highest BCUT2D eigenvalue weighted by Gasteiger charge is 2.04. The van der Waals surface area contributed by atoms with Gasteiger partial charge in [0.25, 0.3) is 0 Å². The normalized spacial score (nSPS) is 10.8. The van der Waals surface area contributed by atoms with Gasteiger partial charge >= 0.3 is 0 Å². The van der Waals surface area contributed by atoms with Crippen LogP contribution in [0.25, 0.3) is 11.0 Å². The number of hydrogen-bond acceptors (Lipinski definition) is 2. The number of rotatable bonds is 5. The van der Waals surface area contributed by atoms with Crippen LogP contribution >= 0.6 is 0 Å². The molecule has 112 valence electrons. The Hall–Kier alpha value is -2.62. The van der Waals surface area contributed by atoms with E-state index in [1.54, 1.807) is 0 Å². The molecule has 0 atom stereocenters. The number of benzene rings is 2. The summed E-state index contributed by atoms with van der Waals surface area (Å²) in [4.78, 5) is 16.3. The van der Waals surface area contributed by atoms with Crippen molar-refractivity contribution in [3.8, 4) is 0 Å². The molecule has 0 unspecified atom stereocenters. The Labute approximate surface area is 129 Å². The van der Waals surface area contributed by atoms with Crippen LogP contribution in [0.1, 0.15) is 11.1 Å². The molecule has 0 fully saturated rings. The third kappa shape index (κ3) is 3.34. The molecule has 4 nitrogen and oxygen atoms in total. The van der Waals surface area contributed by atoms with Crippen LogP contribution < -0.4 is 5.32 Å². The number of fused-ring (bicyclic) bond motifs is 1. The first-order valence-corrected chi connectivity index (χ1v) is 7.44. The number of para-hydroxylation sites is 2. The maximum absolute atomic E-state index is 12.0. The molecule has 1 N–H and O–H groups in total. The highest BCUT2D eigenvalue weighted by molar-refractivity contribution is 5.78. The zero-order valence-corrected chi connectivity index (χ0v) is 12.6. The van der Waals surface area contributed by atoms with E-state index in [0.29, 0.717) is 13.0 Å². The van der Waals surface area contributed by atoms with Crippen LogP contribution in [0.4, 0.5) is 0 Å². The summed E-state index contributed by atoms with van der Waals surface area (Å²) >= 11 is 0. The molecule has 0 saturated carbocycles. The van der Waals surface area contributed by atoms with E-state index in [0.717, 1.165) is 23.1 Å². The Kier molecular flexibility index (Phi) is 4.19. The molecule has 0 spiro atoms. The monoisotopic (exact) mass is 293 g/mol. The van der Waals surface area contributed by atoms with Crippen molar-refractivity contribution in [1.82, 2.24) is 14.9 Å². The molecule has 3 rings (SSSR count). The summed E-state index contributed by atoms with van der Waals surface area (Å²) in [5.74, 6) is 0.0493. The summed E-state index contributed by atoms with van der Waals surface area (Å²) in [6.45, 7) is 3.37. The molecule has 0 saturated heterocycles. The summed E-state index contributed by atoms with van der Waals surface area (Å²) in [6.07, 6.45) is 2.24. The van der Waals surface area contributed by atoms with E-state index in [1.165, 1.54) is 5.56 Å². The van der Waals surface area contributed by atoms with Gasteiger partial charge in [-0.25, -0.2) is 4.98 Å². The lowest BCUT2D eigenvalue weighted by Crippen LogP contribution is -2.28. The SMILES string of the molecule is Cc1ccc(CC(=O)NCCn2cnc3ccccc32)cc1. The molecular weight excluding hydrogens is 274 g/mol. The summed E-state index contributed by atoms with van der Waals surface area (Å²) in [7, 11) is 0. The predicted octanol–water partition coefficient (Wildman–Crippen LogP) is 2.70. The smallest absolute Gasteiger partial charge is 0.224 e. The van der Waals surface area contributed by atoms with Crippen molar-refractivity contribution in [3.63, 3.8) is 0 Å². The second-order valence-electron chi connectivity index (χ2n) is 5.44. The number of hydrogen-bond donors (Lipinski definition) is 1. The number of aryl methyl sites for hydroxylation is 1. The van der Waals surface area contributed by atoms with Gasteiger partial charge in [0.1, 0.15) is 0 Å². The zero-order valence-electron chi connectivity index (χ0n) is 12.6. The highest BCUT2D eigenvalue weighted by atomic mass is 16.1. The van der Waals surface area contributed by atoms with E-state index in [2.05, 4.69) is 14.9 Å². The van der Waals surface area contributed by atoms with E-state index in [-0.39, 0.29) is 5.91 Å². The number of carbonyl (C=O) groups excluding carboxylic acids is 1. The van der Waals surface area contributed by atoms with Crippen LogP contribution in [0.2, 0.25) is 0 Å². The average molecular weight is 293 g/mol. The van der Waals surface area contributed by atoms with E-state index in [1.807, 2.05) is 61.8 Å². The third-order valence-electron chi connectivity index (χ3n) is 3.69. The van der Waals surface area contributed by atoms with Gasteiger partial charge in [-0.15, -0.1) is 0 Å². The van der Waals surface area contributed by atoms with Gasteiger partial charge in [-0.3, -0.25) is 4.79 Å². The molecule has 1 aromatic heterocycles. The first kappa shape index (κ1) is 14.3. The fourth-order valence-corrected chi connectivity index (χ4v) is 2.46.